The van der Waals surface area contributed by atoms with Crippen LogP contribution in [0.3, 0.4) is 0 Å². The molecule has 0 aromatic carbocycles. The first-order chi connectivity index (χ1) is 4.56. The summed E-state index contributed by atoms with van der Waals surface area (Å²) in [5.41, 5.74) is 0. The Morgan fingerprint density at radius 1 is 1.20 bits per heavy atom. The van der Waals surface area contributed by atoms with E-state index in [2.05, 4.69) is 29.8 Å². The zero-order valence-electron chi connectivity index (χ0n) is 6.86. The van der Waals surface area contributed by atoms with Crippen LogP contribution in [0.25, 0.3) is 0 Å². The van der Waals surface area contributed by atoms with Crippen LogP contribution in [0.15, 0.2) is 0 Å². The van der Waals surface area contributed by atoms with E-state index < -0.39 is 0 Å². The quantitative estimate of drug-likeness (QED) is 0.545. The first-order valence-electron chi connectivity index (χ1n) is 3.86. The highest BCUT2D eigenvalue weighted by atomic mass is 79.9. The summed E-state index contributed by atoms with van der Waals surface area (Å²) in [5.74, 6) is 0. The molecule has 0 atom stereocenters. The van der Waals surface area contributed by atoms with E-state index in [1.807, 2.05) is 0 Å². The number of hydrogen-bond donors (Lipinski definition) is 1. The van der Waals surface area contributed by atoms with Crippen molar-refractivity contribution in [3.8, 4) is 0 Å². The molecule has 0 aromatic heterocycles. The van der Waals surface area contributed by atoms with E-state index in [1.54, 1.807) is 0 Å². The number of rotatable bonds is 5. The van der Waals surface area contributed by atoms with Crippen molar-refractivity contribution >= 4 is 15.9 Å². The van der Waals surface area contributed by atoms with Crippen molar-refractivity contribution in [3.05, 3.63) is 0 Å². The number of alkyl halides is 1. The fraction of sp³-hybridized carbons (Fsp3) is 1.00. The summed E-state index contributed by atoms with van der Waals surface area (Å²) in [5, 5.41) is 8.48. The molecule has 0 unspecified atom stereocenters. The van der Waals surface area contributed by atoms with Crippen LogP contribution in [0.5, 0.6) is 0 Å². The summed E-state index contributed by atoms with van der Waals surface area (Å²) >= 11 is 3.57. The van der Waals surface area contributed by atoms with Gasteiger partial charge in [0.15, 0.2) is 0 Å². The average molecular weight is 209 g/mol. The van der Waals surface area contributed by atoms with Gasteiger partial charge in [0.1, 0.15) is 0 Å². The molecule has 10 heavy (non-hydrogen) atoms. The zero-order valence-corrected chi connectivity index (χ0v) is 8.45. The summed E-state index contributed by atoms with van der Waals surface area (Å²) in [6, 6.07) is 0. The Labute approximate surface area is 72.0 Å². The van der Waals surface area contributed by atoms with Gasteiger partial charge in [-0.15, -0.1) is 0 Å². The van der Waals surface area contributed by atoms with Gasteiger partial charge in [-0.1, -0.05) is 42.6 Å². The molecule has 0 bridgehead atoms. The molecule has 0 saturated heterocycles. The molecule has 0 aliphatic rings. The minimum absolute atomic E-state index is 0.280. The van der Waals surface area contributed by atoms with Crippen LogP contribution >= 0.6 is 15.9 Å². The minimum atomic E-state index is 0.280. The third kappa shape index (κ3) is 8.44. The van der Waals surface area contributed by atoms with Gasteiger partial charge >= 0.3 is 0 Å². The summed E-state index contributed by atoms with van der Waals surface area (Å²) < 4.78 is 0.280. The van der Waals surface area contributed by atoms with Crippen molar-refractivity contribution in [2.75, 3.05) is 6.61 Å². The molecule has 0 fully saturated rings. The van der Waals surface area contributed by atoms with Crippen LogP contribution in [0.1, 0.15) is 39.5 Å². The number of aliphatic hydroxyl groups is 1. The van der Waals surface area contributed by atoms with Crippen LogP contribution in [0.4, 0.5) is 0 Å². The van der Waals surface area contributed by atoms with Crippen LogP contribution in [0, 0.1) is 0 Å². The first kappa shape index (κ1) is 10.4. The van der Waals surface area contributed by atoms with Gasteiger partial charge in [-0.3, -0.25) is 0 Å². The Balaban J connectivity index is 3.04. The number of halogens is 1. The van der Waals surface area contributed by atoms with Gasteiger partial charge in [-0.05, 0) is 12.8 Å². The van der Waals surface area contributed by atoms with Crippen molar-refractivity contribution < 1.29 is 5.11 Å². The van der Waals surface area contributed by atoms with E-state index in [0.29, 0.717) is 6.61 Å². The number of hydrogen-bond acceptors (Lipinski definition) is 1. The molecule has 0 heterocycles. The lowest BCUT2D eigenvalue weighted by atomic mass is 10.1. The molecule has 0 spiro atoms. The van der Waals surface area contributed by atoms with Crippen LogP contribution < -0.4 is 0 Å². The minimum Gasteiger partial charge on any atom is -0.396 e. The van der Waals surface area contributed by atoms with Gasteiger partial charge in [0.05, 0.1) is 0 Å². The monoisotopic (exact) mass is 208 g/mol. The molecule has 0 aromatic rings. The van der Waals surface area contributed by atoms with E-state index in [9.17, 15) is 0 Å². The molecule has 0 amide bonds. The second-order valence-corrected chi connectivity index (χ2v) is 5.40. The van der Waals surface area contributed by atoms with Crippen molar-refractivity contribution in [2.45, 2.75) is 43.9 Å². The molecule has 0 rings (SSSR count). The predicted molar refractivity (Wildman–Crippen MR) is 48.6 cm³/mol. The Morgan fingerprint density at radius 3 is 2.20 bits per heavy atom. The second kappa shape index (κ2) is 5.14. The Kier molecular flexibility index (Phi) is 5.36. The first-order valence-corrected chi connectivity index (χ1v) is 4.65. The maximum Gasteiger partial charge on any atom is 0.0431 e. The SMILES string of the molecule is CC(C)(Br)CCCCCO. The lowest BCUT2D eigenvalue weighted by Gasteiger charge is -2.14. The molecule has 1 nitrogen and oxygen atoms in total. The molecular formula is C8H17BrO. The van der Waals surface area contributed by atoms with Gasteiger partial charge in [-0.2, -0.15) is 0 Å². The molecule has 1 N–H and O–H groups in total. The van der Waals surface area contributed by atoms with Gasteiger partial charge in [0.2, 0.25) is 0 Å². The van der Waals surface area contributed by atoms with Crippen molar-refractivity contribution in [2.24, 2.45) is 0 Å². The summed E-state index contributed by atoms with van der Waals surface area (Å²) in [7, 11) is 0. The summed E-state index contributed by atoms with van der Waals surface area (Å²) in [6.07, 6.45) is 4.49. The van der Waals surface area contributed by atoms with Crippen LogP contribution in [-0.2, 0) is 0 Å². The zero-order chi connectivity index (χ0) is 8.04. The summed E-state index contributed by atoms with van der Waals surface area (Å²) in [4.78, 5) is 0. The van der Waals surface area contributed by atoms with E-state index >= 15 is 0 Å². The Bertz CT molecular complexity index is 75.8. The van der Waals surface area contributed by atoms with E-state index in [1.165, 1.54) is 12.8 Å². The van der Waals surface area contributed by atoms with E-state index in [4.69, 9.17) is 5.11 Å². The van der Waals surface area contributed by atoms with Gasteiger partial charge < -0.3 is 5.11 Å². The maximum absolute atomic E-state index is 8.48. The largest absolute Gasteiger partial charge is 0.396 e. The Hall–Kier alpha value is 0.440. The summed E-state index contributed by atoms with van der Waals surface area (Å²) in [6.45, 7) is 4.68. The van der Waals surface area contributed by atoms with Gasteiger partial charge in [0.25, 0.3) is 0 Å². The maximum atomic E-state index is 8.48. The smallest absolute Gasteiger partial charge is 0.0431 e. The number of aliphatic hydroxyl groups excluding tert-OH is 1. The molecule has 2 heteroatoms. The van der Waals surface area contributed by atoms with E-state index in [-0.39, 0.29) is 4.32 Å². The van der Waals surface area contributed by atoms with E-state index in [0.717, 1.165) is 12.8 Å². The number of unbranched alkanes of at least 4 members (excludes halogenated alkanes) is 2. The highest BCUT2D eigenvalue weighted by Gasteiger charge is 2.10. The highest BCUT2D eigenvalue weighted by Crippen LogP contribution is 2.23. The van der Waals surface area contributed by atoms with Gasteiger partial charge in [0, 0.05) is 10.9 Å². The fourth-order valence-corrected chi connectivity index (χ4v) is 1.11. The third-order valence-electron chi connectivity index (χ3n) is 1.43. The third-order valence-corrected chi connectivity index (χ3v) is 1.83. The fourth-order valence-electron chi connectivity index (χ4n) is 0.834. The molecule has 62 valence electrons. The highest BCUT2D eigenvalue weighted by molar-refractivity contribution is 9.10. The predicted octanol–water partition coefficient (Wildman–Crippen LogP) is 2.71. The lowest BCUT2D eigenvalue weighted by molar-refractivity contribution is 0.282. The van der Waals surface area contributed by atoms with Crippen LogP contribution in [-0.4, -0.2) is 16.0 Å². The van der Waals surface area contributed by atoms with Crippen molar-refractivity contribution in [1.29, 1.82) is 0 Å². The molecular weight excluding hydrogens is 192 g/mol. The molecule has 0 aliphatic carbocycles. The van der Waals surface area contributed by atoms with Crippen molar-refractivity contribution in [3.63, 3.8) is 0 Å². The average Bonchev–Trinajstić information content (AvgIpc) is 1.78. The Morgan fingerprint density at radius 2 is 1.80 bits per heavy atom. The molecule has 0 saturated carbocycles. The molecule has 0 aliphatic heterocycles. The van der Waals surface area contributed by atoms with Crippen molar-refractivity contribution in [1.82, 2.24) is 0 Å². The lowest BCUT2D eigenvalue weighted by Crippen LogP contribution is -2.08. The normalized spacial score (nSPS) is 12.0. The standard InChI is InChI=1S/C8H17BrO/c1-8(2,9)6-4-3-5-7-10/h10H,3-7H2,1-2H3. The second-order valence-electron chi connectivity index (χ2n) is 3.25. The molecule has 0 radical (unpaired) electrons. The van der Waals surface area contributed by atoms with Gasteiger partial charge in [-0.25, -0.2) is 0 Å². The van der Waals surface area contributed by atoms with Crippen LogP contribution in [0.2, 0.25) is 0 Å². The topological polar surface area (TPSA) is 20.2 Å².